The van der Waals surface area contributed by atoms with Crippen LogP contribution in [0.3, 0.4) is 0 Å². The molecule has 1 heterocycles. The average molecular weight is 254 g/mol. The van der Waals surface area contributed by atoms with Gasteiger partial charge in [0, 0.05) is 12.6 Å². The maximum atomic E-state index is 13.1. The molecule has 0 aliphatic carbocycles. The van der Waals surface area contributed by atoms with Gasteiger partial charge in [-0.15, -0.1) is 0 Å². The molecule has 1 fully saturated rings. The predicted molar refractivity (Wildman–Crippen MR) is 63.7 cm³/mol. The van der Waals surface area contributed by atoms with Gasteiger partial charge < -0.3 is 10.1 Å². The second-order valence-corrected chi connectivity index (χ2v) is 4.45. The lowest BCUT2D eigenvalue weighted by Gasteiger charge is -2.09. The molecular weight excluding hydrogens is 239 g/mol. The molecular formula is C12H15FN2O3. The summed E-state index contributed by atoms with van der Waals surface area (Å²) in [5.41, 5.74) is 0.254. The molecule has 0 saturated carbocycles. The Labute approximate surface area is 104 Å². The van der Waals surface area contributed by atoms with Crippen molar-refractivity contribution in [3.8, 4) is 0 Å². The first-order valence-corrected chi connectivity index (χ1v) is 5.87. The van der Waals surface area contributed by atoms with Crippen LogP contribution in [0.15, 0.2) is 18.2 Å². The third kappa shape index (κ3) is 3.48. The number of nitrogens with zero attached hydrogens (tertiary/aromatic N) is 1. The number of benzene rings is 1. The summed E-state index contributed by atoms with van der Waals surface area (Å²) in [6, 6.07) is 3.51. The smallest absolute Gasteiger partial charge is 0.272 e. The summed E-state index contributed by atoms with van der Waals surface area (Å²) >= 11 is 0. The van der Waals surface area contributed by atoms with Crippen LogP contribution in [0.2, 0.25) is 0 Å². The fraction of sp³-hybridized carbons (Fsp3) is 0.500. The molecule has 1 aliphatic rings. The maximum absolute atomic E-state index is 13.1. The third-order valence-electron chi connectivity index (χ3n) is 2.94. The summed E-state index contributed by atoms with van der Waals surface area (Å²) in [5.74, 6) is -0.126. The number of nitrogens with one attached hydrogen (secondary N) is 1. The van der Waals surface area contributed by atoms with Gasteiger partial charge in [-0.05, 0) is 30.5 Å². The van der Waals surface area contributed by atoms with E-state index >= 15 is 0 Å². The average Bonchev–Trinajstić information content (AvgIpc) is 2.81. The molecule has 1 saturated heterocycles. The Morgan fingerprint density at radius 1 is 1.50 bits per heavy atom. The van der Waals surface area contributed by atoms with Crippen LogP contribution in [-0.2, 0) is 11.3 Å². The minimum Gasteiger partial charge on any atom is -0.376 e. The van der Waals surface area contributed by atoms with Crippen LogP contribution >= 0.6 is 0 Å². The SMILES string of the molecule is O=[N+]([O-])c1cc(F)cc(COCC2CCNC2)c1. The number of ether oxygens (including phenoxy) is 1. The Balaban J connectivity index is 1.89. The van der Waals surface area contributed by atoms with E-state index in [0.29, 0.717) is 18.1 Å². The largest absolute Gasteiger partial charge is 0.376 e. The van der Waals surface area contributed by atoms with E-state index in [1.807, 2.05) is 0 Å². The number of hydrogen-bond donors (Lipinski definition) is 1. The summed E-state index contributed by atoms with van der Waals surface area (Å²) < 4.78 is 18.6. The molecule has 1 unspecified atom stereocenters. The first-order chi connectivity index (χ1) is 8.65. The molecule has 0 radical (unpaired) electrons. The van der Waals surface area contributed by atoms with E-state index in [4.69, 9.17) is 4.74 Å². The molecule has 6 heteroatoms. The van der Waals surface area contributed by atoms with Crippen molar-refractivity contribution in [1.82, 2.24) is 5.32 Å². The van der Waals surface area contributed by atoms with Crippen molar-refractivity contribution in [3.05, 3.63) is 39.7 Å². The number of rotatable bonds is 5. The van der Waals surface area contributed by atoms with Gasteiger partial charge in [-0.2, -0.15) is 0 Å². The minimum atomic E-state index is -0.606. The topological polar surface area (TPSA) is 64.4 Å². The highest BCUT2D eigenvalue weighted by atomic mass is 19.1. The lowest BCUT2D eigenvalue weighted by molar-refractivity contribution is -0.385. The third-order valence-corrected chi connectivity index (χ3v) is 2.94. The Hall–Kier alpha value is -1.53. The Kier molecular flexibility index (Phi) is 4.22. The summed E-state index contributed by atoms with van der Waals surface area (Å²) in [6.07, 6.45) is 1.07. The monoisotopic (exact) mass is 254 g/mol. The van der Waals surface area contributed by atoms with Gasteiger partial charge in [0.2, 0.25) is 0 Å². The molecule has 1 N–H and O–H groups in total. The summed E-state index contributed by atoms with van der Waals surface area (Å²) in [5, 5.41) is 13.8. The fourth-order valence-electron chi connectivity index (χ4n) is 2.02. The quantitative estimate of drug-likeness (QED) is 0.643. The van der Waals surface area contributed by atoms with Crippen molar-refractivity contribution in [2.24, 2.45) is 5.92 Å². The summed E-state index contributed by atoms with van der Waals surface area (Å²) in [7, 11) is 0. The van der Waals surface area contributed by atoms with Crippen molar-refractivity contribution in [2.75, 3.05) is 19.7 Å². The number of nitro groups is 1. The fourth-order valence-corrected chi connectivity index (χ4v) is 2.02. The van der Waals surface area contributed by atoms with E-state index in [0.717, 1.165) is 25.6 Å². The summed E-state index contributed by atoms with van der Waals surface area (Å²) in [6.45, 7) is 2.73. The van der Waals surface area contributed by atoms with E-state index in [2.05, 4.69) is 5.32 Å². The van der Waals surface area contributed by atoms with Gasteiger partial charge in [-0.3, -0.25) is 10.1 Å². The molecule has 98 valence electrons. The molecule has 0 spiro atoms. The highest BCUT2D eigenvalue weighted by molar-refractivity contribution is 5.34. The van der Waals surface area contributed by atoms with Gasteiger partial charge >= 0.3 is 0 Å². The molecule has 0 aromatic heterocycles. The lowest BCUT2D eigenvalue weighted by Crippen LogP contribution is -2.13. The molecule has 1 aliphatic heterocycles. The van der Waals surface area contributed by atoms with E-state index in [-0.39, 0.29) is 12.3 Å². The normalized spacial score (nSPS) is 19.1. The van der Waals surface area contributed by atoms with Crippen LogP contribution in [0.5, 0.6) is 0 Å². The summed E-state index contributed by atoms with van der Waals surface area (Å²) in [4.78, 5) is 9.97. The second kappa shape index (κ2) is 5.88. The van der Waals surface area contributed by atoms with E-state index in [9.17, 15) is 14.5 Å². The van der Waals surface area contributed by atoms with E-state index < -0.39 is 10.7 Å². The molecule has 1 aromatic carbocycles. The van der Waals surface area contributed by atoms with E-state index in [1.165, 1.54) is 12.1 Å². The molecule has 5 nitrogen and oxygen atoms in total. The number of halogens is 1. The molecule has 0 amide bonds. The first kappa shape index (κ1) is 12.9. The zero-order valence-electron chi connectivity index (χ0n) is 9.89. The van der Waals surface area contributed by atoms with Crippen molar-refractivity contribution in [2.45, 2.75) is 13.0 Å². The van der Waals surface area contributed by atoms with Gasteiger partial charge in [0.1, 0.15) is 5.82 Å². The van der Waals surface area contributed by atoms with Gasteiger partial charge in [-0.1, -0.05) is 0 Å². The van der Waals surface area contributed by atoms with Gasteiger partial charge in [0.15, 0.2) is 0 Å². The Morgan fingerprint density at radius 3 is 3.00 bits per heavy atom. The van der Waals surface area contributed by atoms with Crippen LogP contribution in [0.1, 0.15) is 12.0 Å². The predicted octanol–water partition coefficient (Wildman–Crippen LogP) is 1.86. The van der Waals surface area contributed by atoms with Crippen molar-refractivity contribution >= 4 is 5.69 Å². The second-order valence-electron chi connectivity index (χ2n) is 4.45. The number of nitro benzene ring substituents is 1. The molecule has 18 heavy (non-hydrogen) atoms. The zero-order chi connectivity index (χ0) is 13.0. The van der Waals surface area contributed by atoms with Gasteiger partial charge in [0.25, 0.3) is 5.69 Å². The molecule has 2 rings (SSSR count). The van der Waals surface area contributed by atoms with Gasteiger partial charge in [0.05, 0.1) is 24.2 Å². The van der Waals surface area contributed by atoms with E-state index in [1.54, 1.807) is 0 Å². The number of non-ortho nitro benzene ring substituents is 1. The number of hydrogen-bond acceptors (Lipinski definition) is 4. The zero-order valence-corrected chi connectivity index (χ0v) is 9.89. The van der Waals surface area contributed by atoms with Crippen LogP contribution in [0.25, 0.3) is 0 Å². The maximum Gasteiger partial charge on any atom is 0.272 e. The van der Waals surface area contributed by atoms with Crippen LogP contribution in [-0.4, -0.2) is 24.6 Å². The lowest BCUT2D eigenvalue weighted by atomic mass is 10.1. The molecule has 1 atom stereocenters. The first-order valence-electron chi connectivity index (χ1n) is 5.87. The van der Waals surface area contributed by atoms with Crippen LogP contribution in [0.4, 0.5) is 10.1 Å². The van der Waals surface area contributed by atoms with Crippen molar-refractivity contribution in [1.29, 1.82) is 0 Å². The Bertz CT molecular complexity index is 433. The minimum absolute atomic E-state index is 0.203. The standard InChI is InChI=1S/C12H15FN2O3/c13-11-3-10(4-12(5-11)15(16)17)8-18-7-9-1-2-14-6-9/h3-5,9,14H,1-2,6-8H2. The van der Waals surface area contributed by atoms with Crippen molar-refractivity contribution in [3.63, 3.8) is 0 Å². The highest BCUT2D eigenvalue weighted by Crippen LogP contribution is 2.17. The van der Waals surface area contributed by atoms with Crippen molar-refractivity contribution < 1.29 is 14.1 Å². The molecule has 1 aromatic rings. The highest BCUT2D eigenvalue weighted by Gasteiger charge is 2.15. The Morgan fingerprint density at radius 2 is 2.33 bits per heavy atom. The van der Waals surface area contributed by atoms with Gasteiger partial charge in [-0.25, -0.2) is 4.39 Å². The van der Waals surface area contributed by atoms with Crippen LogP contribution in [0, 0.1) is 21.8 Å². The van der Waals surface area contributed by atoms with Crippen LogP contribution < -0.4 is 5.32 Å². The molecule has 0 bridgehead atoms.